The molecule has 24 heavy (non-hydrogen) atoms. The highest BCUT2D eigenvalue weighted by Crippen LogP contribution is 2.28. The number of piperazine rings is 1. The van der Waals surface area contributed by atoms with E-state index in [0.29, 0.717) is 30.9 Å². The molecular formula is C16H18N6O2. The zero-order valence-corrected chi connectivity index (χ0v) is 13.1. The van der Waals surface area contributed by atoms with Crippen LogP contribution >= 0.6 is 0 Å². The van der Waals surface area contributed by atoms with E-state index < -0.39 is 0 Å². The Hall–Kier alpha value is -2.61. The normalized spacial score (nSPS) is 26.5. The van der Waals surface area contributed by atoms with Gasteiger partial charge in [0.05, 0.1) is 6.20 Å². The van der Waals surface area contributed by atoms with Crippen LogP contribution in [-0.4, -0.2) is 53.0 Å². The summed E-state index contributed by atoms with van der Waals surface area (Å²) in [6, 6.07) is 4.94. The Bertz CT molecular complexity index is 830. The zero-order valence-electron chi connectivity index (χ0n) is 13.1. The average Bonchev–Trinajstić information content (AvgIpc) is 2.97. The van der Waals surface area contributed by atoms with Gasteiger partial charge in [-0.15, -0.1) is 0 Å². The number of carbonyl (C=O) groups is 2. The van der Waals surface area contributed by atoms with Gasteiger partial charge in [0, 0.05) is 56.1 Å². The first-order valence-corrected chi connectivity index (χ1v) is 8.27. The van der Waals surface area contributed by atoms with Crippen LogP contribution in [0.5, 0.6) is 0 Å². The van der Waals surface area contributed by atoms with Crippen LogP contribution < -0.4 is 20.4 Å². The van der Waals surface area contributed by atoms with Crippen molar-refractivity contribution in [3.8, 4) is 0 Å². The van der Waals surface area contributed by atoms with Gasteiger partial charge in [-0.1, -0.05) is 0 Å². The molecule has 2 N–H and O–H groups in total. The van der Waals surface area contributed by atoms with Gasteiger partial charge in [-0.2, -0.15) is 0 Å². The predicted molar refractivity (Wildman–Crippen MR) is 88.2 cm³/mol. The molecule has 0 radical (unpaired) electrons. The number of urea groups is 1. The van der Waals surface area contributed by atoms with Crippen LogP contribution in [0.25, 0.3) is 5.65 Å². The van der Waals surface area contributed by atoms with Gasteiger partial charge in [0.25, 0.3) is 0 Å². The van der Waals surface area contributed by atoms with Crippen LogP contribution in [0.4, 0.5) is 16.3 Å². The van der Waals surface area contributed by atoms with Crippen molar-refractivity contribution in [1.82, 2.24) is 20.0 Å². The molecule has 2 unspecified atom stereocenters. The minimum atomic E-state index is -0.390. The number of imidazole rings is 1. The number of pyridine rings is 1. The van der Waals surface area contributed by atoms with Gasteiger partial charge in [-0.25, -0.2) is 9.78 Å². The SMILES string of the molecule is O=C1CCN(c2cnc3cc(N4CC5CC(C4)N5)ccn23)C(=O)N1. The van der Waals surface area contributed by atoms with Crippen LogP contribution in [0.15, 0.2) is 24.5 Å². The molecule has 0 aromatic carbocycles. The van der Waals surface area contributed by atoms with Crippen LogP contribution in [0.2, 0.25) is 0 Å². The number of aromatic nitrogens is 2. The van der Waals surface area contributed by atoms with Crippen LogP contribution in [0.3, 0.4) is 0 Å². The number of nitrogens with zero attached hydrogens (tertiary/aromatic N) is 4. The van der Waals surface area contributed by atoms with E-state index in [1.54, 1.807) is 11.1 Å². The maximum atomic E-state index is 12.0. The molecule has 3 amide bonds. The summed E-state index contributed by atoms with van der Waals surface area (Å²) in [4.78, 5) is 31.7. The first-order chi connectivity index (χ1) is 11.7. The quantitative estimate of drug-likeness (QED) is 0.831. The molecule has 2 atom stereocenters. The fourth-order valence-electron chi connectivity index (χ4n) is 3.86. The second-order valence-corrected chi connectivity index (χ2v) is 6.69. The monoisotopic (exact) mass is 326 g/mol. The molecule has 2 bridgehead atoms. The van der Waals surface area contributed by atoms with Crippen LogP contribution in [-0.2, 0) is 4.79 Å². The standard InChI is InChI=1S/C16H18N6O2/c23-14-2-4-22(16(24)19-14)15-7-17-13-6-12(1-3-21(13)15)20-8-10-5-11(9-20)18-10/h1,3,6-7,10-11,18H,2,4-5,8-9H2,(H,19,23,24). The largest absolute Gasteiger partial charge is 0.368 e. The molecule has 8 nitrogen and oxygen atoms in total. The maximum Gasteiger partial charge on any atom is 0.329 e. The summed E-state index contributed by atoms with van der Waals surface area (Å²) < 4.78 is 1.89. The lowest BCUT2D eigenvalue weighted by atomic mass is 9.91. The molecule has 0 aliphatic carbocycles. The molecule has 4 aliphatic rings. The van der Waals surface area contributed by atoms with Crippen molar-refractivity contribution in [2.45, 2.75) is 24.9 Å². The van der Waals surface area contributed by atoms with Crippen LogP contribution in [0, 0.1) is 0 Å². The molecule has 8 heteroatoms. The van der Waals surface area contributed by atoms with Gasteiger partial charge in [0.15, 0.2) is 0 Å². The Kier molecular flexibility index (Phi) is 2.84. The molecule has 6 heterocycles. The molecular weight excluding hydrogens is 308 g/mol. The third-order valence-electron chi connectivity index (χ3n) is 5.09. The number of piperidine rings is 1. The second kappa shape index (κ2) is 4.94. The molecule has 124 valence electrons. The first-order valence-electron chi connectivity index (χ1n) is 8.27. The summed E-state index contributed by atoms with van der Waals surface area (Å²) in [7, 11) is 0. The van der Waals surface area contributed by atoms with Crippen molar-refractivity contribution in [2.24, 2.45) is 0 Å². The van der Waals surface area contributed by atoms with Crippen molar-refractivity contribution in [3.63, 3.8) is 0 Å². The predicted octanol–water partition coefficient (Wildman–Crippen LogP) is 0.331. The van der Waals surface area contributed by atoms with E-state index in [4.69, 9.17) is 0 Å². The van der Waals surface area contributed by atoms with E-state index in [9.17, 15) is 9.59 Å². The lowest BCUT2D eigenvalue weighted by Gasteiger charge is -2.49. The molecule has 2 aromatic rings. The summed E-state index contributed by atoms with van der Waals surface area (Å²) in [6.45, 7) is 2.43. The number of imide groups is 1. The number of rotatable bonds is 2. The smallest absolute Gasteiger partial charge is 0.329 e. The molecule has 0 saturated carbocycles. The highest BCUT2D eigenvalue weighted by atomic mass is 16.2. The summed E-state index contributed by atoms with van der Waals surface area (Å²) in [5.74, 6) is 0.453. The number of nitrogens with one attached hydrogen (secondary N) is 2. The summed E-state index contributed by atoms with van der Waals surface area (Å²) in [6.07, 6.45) is 5.21. The summed E-state index contributed by atoms with van der Waals surface area (Å²) >= 11 is 0. The summed E-state index contributed by atoms with van der Waals surface area (Å²) in [5.41, 5.74) is 1.97. The van der Waals surface area contributed by atoms with Gasteiger partial charge in [0.1, 0.15) is 11.5 Å². The molecule has 4 aliphatic heterocycles. The van der Waals surface area contributed by atoms with Crippen molar-refractivity contribution in [1.29, 1.82) is 0 Å². The van der Waals surface area contributed by atoms with Crippen molar-refractivity contribution in [2.75, 3.05) is 29.4 Å². The van der Waals surface area contributed by atoms with E-state index >= 15 is 0 Å². The minimum Gasteiger partial charge on any atom is -0.368 e. The van der Waals surface area contributed by atoms with Gasteiger partial charge in [-0.3, -0.25) is 19.4 Å². The maximum absolute atomic E-state index is 12.0. The number of hydrogen-bond donors (Lipinski definition) is 2. The highest BCUT2D eigenvalue weighted by Gasteiger charge is 2.36. The summed E-state index contributed by atoms with van der Waals surface area (Å²) in [5, 5.41) is 5.88. The Morgan fingerprint density at radius 2 is 2.00 bits per heavy atom. The van der Waals surface area contributed by atoms with Crippen molar-refractivity contribution in [3.05, 3.63) is 24.5 Å². The topological polar surface area (TPSA) is 82.0 Å². The Balaban J connectivity index is 1.45. The number of hydrogen-bond acceptors (Lipinski definition) is 5. The van der Waals surface area contributed by atoms with Gasteiger partial charge < -0.3 is 10.2 Å². The molecule has 4 fully saturated rings. The fourth-order valence-corrected chi connectivity index (χ4v) is 3.86. The van der Waals surface area contributed by atoms with Gasteiger partial charge >= 0.3 is 6.03 Å². The zero-order chi connectivity index (χ0) is 16.3. The van der Waals surface area contributed by atoms with Gasteiger partial charge in [0.2, 0.25) is 5.91 Å². The van der Waals surface area contributed by atoms with Gasteiger partial charge in [-0.05, 0) is 12.5 Å². The molecule has 2 aromatic heterocycles. The Labute approximate surface area is 138 Å². The molecule has 4 saturated heterocycles. The second-order valence-electron chi connectivity index (χ2n) is 6.69. The minimum absolute atomic E-state index is 0.232. The van der Waals surface area contributed by atoms with E-state index in [1.807, 2.05) is 10.6 Å². The third-order valence-corrected chi connectivity index (χ3v) is 5.09. The van der Waals surface area contributed by atoms with E-state index in [-0.39, 0.29) is 11.9 Å². The van der Waals surface area contributed by atoms with Crippen LogP contribution in [0.1, 0.15) is 12.8 Å². The van der Waals surface area contributed by atoms with Crippen molar-refractivity contribution < 1.29 is 9.59 Å². The van der Waals surface area contributed by atoms with E-state index in [2.05, 4.69) is 32.7 Å². The van der Waals surface area contributed by atoms with Crippen molar-refractivity contribution >= 4 is 29.1 Å². The average molecular weight is 326 g/mol. The lowest BCUT2D eigenvalue weighted by molar-refractivity contribution is -0.120. The number of anilines is 2. The van der Waals surface area contributed by atoms with E-state index in [1.165, 1.54) is 6.42 Å². The number of fused-ring (bicyclic) bond motifs is 3. The first kappa shape index (κ1) is 13.8. The lowest BCUT2D eigenvalue weighted by Crippen LogP contribution is -2.67. The number of amides is 3. The Morgan fingerprint density at radius 3 is 2.75 bits per heavy atom. The molecule has 6 rings (SSSR count). The van der Waals surface area contributed by atoms with E-state index in [0.717, 1.165) is 24.4 Å². The highest BCUT2D eigenvalue weighted by molar-refractivity contribution is 6.05. The fraction of sp³-hybridized carbons (Fsp3) is 0.438. The number of carbonyl (C=O) groups excluding carboxylic acids is 2. The third kappa shape index (κ3) is 2.06. The Morgan fingerprint density at radius 1 is 1.21 bits per heavy atom. The molecule has 0 spiro atoms.